The fourth-order valence-corrected chi connectivity index (χ4v) is 2.81. The Morgan fingerprint density at radius 2 is 1.88 bits per heavy atom. The van der Waals surface area contributed by atoms with Crippen LogP contribution < -0.4 is 0 Å². The van der Waals surface area contributed by atoms with Crippen LogP contribution in [0.3, 0.4) is 0 Å². The van der Waals surface area contributed by atoms with E-state index in [9.17, 15) is 9.59 Å². The minimum absolute atomic E-state index is 0.0254. The molecule has 0 saturated carbocycles. The number of nitrogens with zero attached hydrogens (tertiary/aromatic N) is 2. The number of likely N-dealkylation sites (tertiary alicyclic amines) is 2. The van der Waals surface area contributed by atoms with Crippen molar-refractivity contribution >= 4 is 11.9 Å². The quantitative estimate of drug-likeness (QED) is 0.759. The van der Waals surface area contributed by atoms with Gasteiger partial charge in [-0.25, -0.2) is 0 Å². The van der Waals surface area contributed by atoms with Gasteiger partial charge >= 0.3 is 5.97 Å². The predicted octanol–water partition coefficient (Wildman–Crippen LogP) is 0.404. The summed E-state index contributed by atoms with van der Waals surface area (Å²) in [6.45, 7) is 2.07. The molecule has 2 aliphatic rings. The summed E-state index contributed by atoms with van der Waals surface area (Å²) in [5, 5.41) is 9.01. The lowest BCUT2D eigenvalue weighted by Crippen LogP contribution is -2.49. The van der Waals surface area contributed by atoms with Crippen LogP contribution in [0.15, 0.2) is 0 Å². The number of amides is 1. The molecule has 0 aromatic carbocycles. The van der Waals surface area contributed by atoms with Crippen LogP contribution in [0, 0.1) is 5.92 Å². The molecule has 1 unspecified atom stereocenters. The molecule has 96 valence electrons. The first-order chi connectivity index (χ1) is 8.09. The Bertz CT molecular complexity index is 319. The molecule has 2 heterocycles. The summed E-state index contributed by atoms with van der Waals surface area (Å²) < 4.78 is 0. The van der Waals surface area contributed by atoms with Gasteiger partial charge in [0.25, 0.3) is 0 Å². The normalized spacial score (nSPS) is 30.5. The van der Waals surface area contributed by atoms with Crippen LogP contribution in [0.25, 0.3) is 0 Å². The van der Waals surface area contributed by atoms with Crippen LogP contribution in [0.5, 0.6) is 0 Å². The molecule has 5 nitrogen and oxygen atoms in total. The van der Waals surface area contributed by atoms with E-state index in [0.717, 1.165) is 25.8 Å². The van der Waals surface area contributed by atoms with E-state index in [-0.39, 0.29) is 17.9 Å². The topological polar surface area (TPSA) is 60.9 Å². The van der Waals surface area contributed by atoms with Gasteiger partial charge < -0.3 is 10.0 Å². The van der Waals surface area contributed by atoms with Crippen LogP contribution >= 0.6 is 0 Å². The summed E-state index contributed by atoms with van der Waals surface area (Å²) in [6.07, 6.45) is 3.46. The van der Waals surface area contributed by atoms with E-state index in [4.69, 9.17) is 5.11 Å². The molecule has 5 heteroatoms. The number of carbonyl (C=O) groups excluding carboxylic acids is 1. The minimum Gasteiger partial charge on any atom is -0.481 e. The van der Waals surface area contributed by atoms with Gasteiger partial charge in [0.2, 0.25) is 5.91 Å². The number of aliphatic carboxylic acids is 1. The van der Waals surface area contributed by atoms with Crippen molar-refractivity contribution in [1.82, 2.24) is 9.80 Å². The maximum Gasteiger partial charge on any atom is 0.308 e. The summed E-state index contributed by atoms with van der Waals surface area (Å²) in [5.41, 5.74) is 0. The Morgan fingerprint density at radius 3 is 2.47 bits per heavy atom. The van der Waals surface area contributed by atoms with Gasteiger partial charge in [0.1, 0.15) is 0 Å². The number of piperidine rings is 1. The van der Waals surface area contributed by atoms with Crippen molar-refractivity contribution in [2.45, 2.75) is 31.7 Å². The lowest BCUT2D eigenvalue weighted by molar-refractivity contribution is -0.146. The Labute approximate surface area is 101 Å². The van der Waals surface area contributed by atoms with Gasteiger partial charge in [-0.05, 0) is 39.3 Å². The predicted molar refractivity (Wildman–Crippen MR) is 62.6 cm³/mol. The van der Waals surface area contributed by atoms with Gasteiger partial charge in [-0.2, -0.15) is 0 Å². The monoisotopic (exact) mass is 240 g/mol. The van der Waals surface area contributed by atoms with Crippen molar-refractivity contribution in [3.05, 3.63) is 0 Å². The zero-order valence-corrected chi connectivity index (χ0v) is 10.3. The molecule has 1 N–H and O–H groups in total. The van der Waals surface area contributed by atoms with Gasteiger partial charge in [0.05, 0.1) is 12.0 Å². The van der Waals surface area contributed by atoms with E-state index in [0.29, 0.717) is 19.5 Å². The largest absolute Gasteiger partial charge is 0.481 e. The maximum atomic E-state index is 12.3. The van der Waals surface area contributed by atoms with E-state index < -0.39 is 5.97 Å². The van der Waals surface area contributed by atoms with Gasteiger partial charge in [-0.1, -0.05) is 0 Å². The molecule has 17 heavy (non-hydrogen) atoms. The first-order valence-electron chi connectivity index (χ1n) is 6.31. The standard InChI is InChI=1S/C12H20N2O3/c1-13-6-3-5-10(13)11(15)14-7-2-4-9(8-14)12(16)17/h9-10H,2-8H2,1H3,(H,16,17)/t9?,10-/m0/s1. The van der Waals surface area contributed by atoms with Crippen molar-refractivity contribution in [3.8, 4) is 0 Å². The smallest absolute Gasteiger partial charge is 0.308 e. The van der Waals surface area contributed by atoms with Crippen LogP contribution in [0.4, 0.5) is 0 Å². The number of carboxylic acid groups (broad SMARTS) is 1. The van der Waals surface area contributed by atoms with E-state index >= 15 is 0 Å². The minimum atomic E-state index is -0.776. The second-order valence-corrected chi connectivity index (χ2v) is 5.10. The molecule has 0 spiro atoms. The first kappa shape index (κ1) is 12.4. The summed E-state index contributed by atoms with van der Waals surface area (Å²) >= 11 is 0. The summed E-state index contributed by atoms with van der Waals surface area (Å²) in [4.78, 5) is 27.1. The van der Waals surface area contributed by atoms with Crippen LogP contribution in [-0.2, 0) is 9.59 Å². The molecule has 0 aromatic rings. The first-order valence-corrected chi connectivity index (χ1v) is 6.31. The highest BCUT2D eigenvalue weighted by atomic mass is 16.4. The highest BCUT2D eigenvalue weighted by Gasteiger charge is 2.35. The number of likely N-dealkylation sites (N-methyl/N-ethyl adjacent to an activating group) is 1. The Morgan fingerprint density at radius 1 is 1.18 bits per heavy atom. The Hall–Kier alpha value is -1.10. The molecule has 1 amide bonds. The summed E-state index contributed by atoms with van der Waals surface area (Å²) in [6, 6.07) is -0.0254. The number of rotatable bonds is 2. The highest BCUT2D eigenvalue weighted by molar-refractivity contribution is 5.83. The number of hydrogen-bond donors (Lipinski definition) is 1. The molecule has 2 rings (SSSR count). The fraction of sp³-hybridized carbons (Fsp3) is 0.833. The third-order valence-electron chi connectivity index (χ3n) is 3.89. The molecule has 0 aliphatic carbocycles. The number of carboxylic acids is 1. The van der Waals surface area contributed by atoms with Gasteiger partial charge in [-0.15, -0.1) is 0 Å². The van der Waals surface area contributed by atoms with E-state index in [1.807, 2.05) is 7.05 Å². The van der Waals surface area contributed by atoms with E-state index in [1.165, 1.54) is 0 Å². The van der Waals surface area contributed by atoms with Crippen molar-refractivity contribution in [2.24, 2.45) is 5.92 Å². The molecular formula is C12H20N2O3. The van der Waals surface area contributed by atoms with Gasteiger partial charge in [0.15, 0.2) is 0 Å². The van der Waals surface area contributed by atoms with Gasteiger partial charge in [0, 0.05) is 13.1 Å². The molecule has 2 atom stereocenters. The third kappa shape index (κ3) is 2.60. The maximum absolute atomic E-state index is 12.3. The molecule has 0 aromatic heterocycles. The van der Waals surface area contributed by atoms with E-state index in [2.05, 4.69) is 4.90 Å². The van der Waals surface area contributed by atoms with Crippen molar-refractivity contribution in [2.75, 3.05) is 26.7 Å². The molecule has 2 saturated heterocycles. The van der Waals surface area contributed by atoms with Gasteiger partial charge in [-0.3, -0.25) is 14.5 Å². The zero-order valence-electron chi connectivity index (χ0n) is 10.3. The SMILES string of the molecule is CN1CCC[C@H]1C(=O)N1CCCC(C(=O)O)C1. The average molecular weight is 240 g/mol. The van der Waals surface area contributed by atoms with Crippen molar-refractivity contribution < 1.29 is 14.7 Å². The summed E-state index contributed by atoms with van der Waals surface area (Å²) in [7, 11) is 1.97. The lowest BCUT2D eigenvalue weighted by atomic mass is 9.97. The van der Waals surface area contributed by atoms with E-state index in [1.54, 1.807) is 4.90 Å². The van der Waals surface area contributed by atoms with Crippen LogP contribution in [0.2, 0.25) is 0 Å². The summed E-state index contributed by atoms with van der Waals surface area (Å²) in [5.74, 6) is -1.03. The second-order valence-electron chi connectivity index (χ2n) is 5.10. The number of carbonyl (C=O) groups is 2. The number of hydrogen-bond acceptors (Lipinski definition) is 3. The molecule has 0 radical (unpaired) electrons. The zero-order chi connectivity index (χ0) is 12.4. The average Bonchev–Trinajstić information content (AvgIpc) is 2.74. The fourth-order valence-electron chi connectivity index (χ4n) is 2.81. The third-order valence-corrected chi connectivity index (χ3v) is 3.89. The molecule has 2 fully saturated rings. The molecule has 2 aliphatic heterocycles. The highest BCUT2D eigenvalue weighted by Crippen LogP contribution is 2.22. The van der Waals surface area contributed by atoms with Crippen LogP contribution in [-0.4, -0.2) is 59.5 Å². The van der Waals surface area contributed by atoms with Crippen LogP contribution in [0.1, 0.15) is 25.7 Å². The molecular weight excluding hydrogens is 220 g/mol. The van der Waals surface area contributed by atoms with Crippen molar-refractivity contribution in [3.63, 3.8) is 0 Å². The Balaban J connectivity index is 1.97. The second kappa shape index (κ2) is 5.04. The van der Waals surface area contributed by atoms with Crippen molar-refractivity contribution in [1.29, 1.82) is 0 Å². The Kier molecular flexibility index (Phi) is 3.66. The molecule has 0 bridgehead atoms. The lowest BCUT2D eigenvalue weighted by Gasteiger charge is -2.34.